The minimum absolute atomic E-state index is 0.304. The smallest absolute Gasteiger partial charge is 0.320 e. The molecule has 4 heteroatoms. The van der Waals surface area contributed by atoms with Gasteiger partial charge in [0.05, 0.1) is 18.7 Å². The summed E-state index contributed by atoms with van der Waals surface area (Å²) >= 11 is 0. The molecule has 0 aliphatic carbocycles. The fraction of sp³-hybridized carbons (Fsp3) is 0.250. The molecule has 1 atom stereocenters. The van der Waals surface area contributed by atoms with Crippen LogP contribution in [0, 0.1) is 11.3 Å². The van der Waals surface area contributed by atoms with Gasteiger partial charge in [0.2, 0.25) is 0 Å². The Morgan fingerprint density at radius 1 is 1.44 bits per heavy atom. The summed E-state index contributed by atoms with van der Waals surface area (Å²) in [6.07, 6.45) is 0. The Morgan fingerprint density at radius 3 is 2.62 bits per heavy atom. The quantitative estimate of drug-likeness (QED) is 0.567. The van der Waals surface area contributed by atoms with Crippen molar-refractivity contribution >= 4 is 11.8 Å². The number of hydrogen-bond acceptors (Lipinski definition) is 4. The lowest BCUT2D eigenvalue weighted by atomic mass is 9.94. The van der Waals surface area contributed by atoms with Gasteiger partial charge in [0, 0.05) is 0 Å². The summed E-state index contributed by atoms with van der Waals surface area (Å²) in [6.45, 7) is 1.32. The van der Waals surface area contributed by atoms with Gasteiger partial charge in [0.1, 0.15) is 11.7 Å². The van der Waals surface area contributed by atoms with Gasteiger partial charge in [0.25, 0.3) is 0 Å². The molecule has 0 aliphatic heterocycles. The number of Topliss-reactive ketones (excluding diaryl/α,β-unsaturated/α-hetero) is 1. The van der Waals surface area contributed by atoms with Crippen molar-refractivity contribution in [3.63, 3.8) is 0 Å². The molecule has 0 bridgehead atoms. The maximum Gasteiger partial charge on any atom is 0.320 e. The molecule has 0 fully saturated rings. The molecular weight excluding hydrogens is 206 g/mol. The molecule has 0 N–H and O–H groups in total. The molecule has 82 valence electrons. The second kappa shape index (κ2) is 5.08. The van der Waals surface area contributed by atoms with E-state index in [1.165, 1.54) is 20.1 Å². The number of rotatable bonds is 3. The third-order valence-electron chi connectivity index (χ3n) is 2.19. The van der Waals surface area contributed by atoms with Gasteiger partial charge >= 0.3 is 5.97 Å². The van der Waals surface area contributed by atoms with Gasteiger partial charge in [0.15, 0.2) is 0 Å². The average Bonchev–Trinajstić information content (AvgIpc) is 2.29. The zero-order valence-corrected chi connectivity index (χ0v) is 9.06. The number of methoxy groups -OCH3 is 1. The summed E-state index contributed by atoms with van der Waals surface area (Å²) in [6, 6.07) is 8.34. The van der Waals surface area contributed by atoms with Crippen molar-refractivity contribution < 1.29 is 14.3 Å². The number of carbonyl (C=O) groups excluding carboxylic acids is 2. The third-order valence-corrected chi connectivity index (χ3v) is 2.19. The summed E-state index contributed by atoms with van der Waals surface area (Å²) in [5, 5.41) is 8.73. The van der Waals surface area contributed by atoms with Crippen molar-refractivity contribution in [2.75, 3.05) is 7.11 Å². The topological polar surface area (TPSA) is 67.2 Å². The molecule has 4 nitrogen and oxygen atoms in total. The minimum atomic E-state index is -0.946. The first-order chi connectivity index (χ1) is 7.60. The van der Waals surface area contributed by atoms with E-state index in [1.54, 1.807) is 18.2 Å². The van der Waals surface area contributed by atoms with Crippen LogP contribution in [-0.2, 0) is 14.3 Å². The first-order valence-corrected chi connectivity index (χ1v) is 4.68. The van der Waals surface area contributed by atoms with E-state index in [1.807, 2.05) is 6.07 Å². The van der Waals surface area contributed by atoms with Gasteiger partial charge in [-0.25, -0.2) is 0 Å². The number of ether oxygens (including phenoxy) is 1. The Balaban J connectivity index is 3.17. The molecule has 0 amide bonds. The molecule has 0 saturated heterocycles. The predicted molar refractivity (Wildman–Crippen MR) is 56.6 cm³/mol. The molecule has 1 unspecified atom stereocenters. The second-order valence-corrected chi connectivity index (χ2v) is 3.30. The van der Waals surface area contributed by atoms with E-state index in [2.05, 4.69) is 4.74 Å². The SMILES string of the molecule is COC(=O)C(C(C)=O)c1cccc(C#N)c1. The van der Waals surface area contributed by atoms with Gasteiger partial charge in [-0.2, -0.15) is 5.26 Å². The van der Waals surface area contributed by atoms with Crippen molar-refractivity contribution in [2.24, 2.45) is 0 Å². The number of hydrogen-bond donors (Lipinski definition) is 0. The molecule has 0 aromatic heterocycles. The fourth-order valence-electron chi connectivity index (χ4n) is 1.44. The lowest BCUT2D eigenvalue weighted by Gasteiger charge is -2.11. The molecule has 0 saturated carbocycles. The Labute approximate surface area is 93.5 Å². The Hall–Kier alpha value is -2.15. The highest BCUT2D eigenvalue weighted by Gasteiger charge is 2.26. The van der Waals surface area contributed by atoms with Crippen molar-refractivity contribution in [1.29, 1.82) is 5.26 Å². The van der Waals surface area contributed by atoms with Crippen LogP contribution in [-0.4, -0.2) is 18.9 Å². The molecule has 0 radical (unpaired) electrons. The number of nitriles is 1. The van der Waals surface area contributed by atoms with Gasteiger partial charge in [-0.05, 0) is 24.6 Å². The van der Waals surface area contributed by atoms with E-state index in [4.69, 9.17) is 5.26 Å². The van der Waals surface area contributed by atoms with Crippen molar-refractivity contribution in [2.45, 2.75) is 12.8 Å². The predicted octanol–water partition coefficient (Wildman–Crippen LogP) is 1.40. The van der Waals surface area contributed by atoms with E-state index in [-0.39, 0.29) is 5.78 Å². The van der Waals surface area contributed by atoms with Crippen LogP contribution in [0.2, 0.25) is 0 Å². The summed E-state index contributed by atoms with van der Waals surface area (Å²) in [5.74, 6) is -1.86. The first kappa shape index (κ1) is 11.9. The molecule has 16 heavy (non-hydrogen) atoms. The molecule has 0 aliphatic rings. The normalized spacial score (nSPS) is 11.3. The monoisotopic (exact) mass is 217 g/mol. The average molecular weight is 217 g/mol. The highest BCUT2D eigenvalue weighted by Crippen LogP contribution is 2.19. The lowest BCUT2D eigenvalue weighted by molar-refractivity contribution is -0.145. The van der Waals surface area contributed by atoms with Crippen LogP contribution in [0.4, 0.5) is 0 Å². The fourth-order valence-corrected chi connectivity index (χ4v) is 1.44. The van der Waals surface area contributed by atoms with E-state index >= 15 is 0 Å². The third kappa shape index (κ3) is 2.45. The summed E-state index contributed by atoms with van der Waals surface area (Å²) < 4.78 is 4.56. The van der Waals surface area contributed by atoms with Crippen LogP contribution in [0.15, 0.2) is 24.3 Å². The summed E-state index contributed by atoms with van der Waals surface area (Å²) in [4.78, 5) is 22.8. The first-order valence-electron chi connectivity index (χ1n) is 4.68. The Kier molecular flexibility index (Phi) is 3.78. The number of benzene rings is 1. The van der Waals surface area contributed by atoms with Gasteiger partial charge in [-0.15, -0.1) is 0 Å². The van der Waals surface area contributed by atoms with E-state index in [0.717, 1.165) is 0 Å². The van der Waals surface area contributed by atoms with E-state index < -0.39 is 11.9 Å². The number of nitrogens with zero attached hydrogens (tertiary/aromatic N) is 1. The zero-order chi connectivity index (χ0) is 12.1. The summed E-state index contributed by atoms with van der Waals surface area (Å²) in [5.41, 5.74) is 0.894. The van der Waals surface area contributed by atoms with Crippen LogP contribution < -0.4 is 0 Å². The highest BCUT2D eigenvalue weighted by molar-refractivity contribution is 6.03. The van der Waals surface area contributed by atoms with E-state index in [0.29, 0.717) is 11.1 Å². The molecular formula is C12H11NO3. The Morgan fingerprint density at radius 2 is 2.12 bits per heavy atom. The lowest BCUT2D eigenvalue weighted by Crippen LogP contribution is -2.21. The van der Waals surface area contributed by atoms with Crippen LogP contribution >= 0.6 is 0 Å². The number of ketones is 1. The summed E-state index contributed by atoms with van der Waals surface area (Å²) in [7, 11) is 1.23. The standard InChI is InChI=1S/C12H11NO3/c1-8(14)11(12(15)16-2)10-5-3-4-9(6-10)7-13/h3-6,11H,1-2H3. The van der Waals surface area contributed by atoms with Crippen LogP contribution in [0.5, 0.6) is 0 Å². The van der Waals surface area contributed by atoms with Crippen LogP contribution in [0.1, 0.15) is 24.0 Å². The molecule has 1 aromatic rings. The van der Waals surface area contributed by atoms with Crippen LogP contribution in [0.3, 0.4) is 0 Å². The Bertz CT molecular complexity index is 460. The largest absolute Gasteiger partial charge is 0.468 e. The second-order valence-electron chi connectivity index (χ2n) is 3.30. The minimum Gasteiger partial charge on any atom is -0.468 e. The molecule has 0 heterocycles. The maximum absolute atomic E-state index is 11.4. The molecule has 0 spiro atoms. The van der Waals surface area contributed by atoms with E-state index in [9.17, 15) is 9.59 Å². The number of esters is 1. The van der Waals surface area contributed by atoms with Crippen molar-refractivity contribution in [3.05, 3.63) is 35.4 Å². The van der Waals surface area contributed by atoms with Gasteiger partial charge < -0.3 is 4.74 Å². The number of carbonyl (C=O) groups is 2. The maximum atomic E-state index is 11.4. The van der Waals surface area contributed by atoms with Gasteiger partial charge in [-0.3, -0.25) is 9.59 Å². The van der Waals surface area contributed by atoms with Crippen molar-refractivity contribution in [3.8, 4) is 6.07 Å². The molecule has 1 rings (SSSR count). The van der Waals surface area contributed by atoms with Crippen molar-refractivity contribution in [1.82, 2.24) is 0 Å². The zero-order valence-electron chi connectivity index (χ0n) is 9.06. The highest BCUT2D eigenvalue weighted by atomic mass is 16.5. The van der Waals surface area contributed by atoms with Crippen LogP contribution in [0.25, 0.3) is 0 Å². The van der Waals surface area contributed by atoms with Gasteiger partial charge in [-0.1, -0.05) is 12.1 Å². The molecule has 1 aromatic carbocycles.